The van der Waals surface area contributed by atoms with Gasteiger partial charge >= 0.3 is 5.97 Å². The third kappa shape index (κ3) is 4.63. The molecule has 0 radical (unpaired) electrons. The van der Waals surface area contributed by atoms with Gasteiger partial charge < -0.3 is 19.3 Å². The van der Waals surface area contributed by atoms with Crippen molar-refractivity contribution in [2.24, 2.45) is 0 Å². The zero-order chi connectivity index (χ0) is 21.4. The van der Waals surface area contributed by atoms with E-state index in [1.54, 1.807) is 14.2 Å². The Hall–Kier alpha value is -3.31. The van der Waals surface area contributed by atoms with Gasteiger partial charge in [-0.3, -0.25) is 4.79 Å². The fraction of sp³-hybridized carbons (Fsp3) is 0.240. The average molecular weight is 406 g/mol. The maximum atomic E-state index is 11.0. The summed E-state index contributed by atoms with van der Waals surface area (Å²) < 4.78 is 17.2. The van der Waals surface area contributed by atoms with Gasteiger partial charge in [-0.1, -0.05) is 54.6 Å². The van der Waals surface area contributed by atoms with Crippen LogP contribution in [-0.4, -0.2) is 31.9 Å². The van der Waals surface area contributed by atoms with Gasteiger partial charge in [0, 0.05) is 13.0 Å². The largest absolute Gasteiger partial charge is 0.497 e. The lowest BCUT2D eigenvalue weighted by Gasteiger charge is -2.36. The minimum absolute atomic E-state index is 0.0517. The quantitative estimate of drug-likeness (QED) is 0.384. The molecule has 1 N–H and O–H groups in total. The van der Waals surface area contributed by atoms with Crippen LogP contribution in [0.4, 0.5) is 0 Å². The van der Waals surface area contributed by atoms with E-state index in [0.29, 0.717) is 13.0 Å². The predicted molar refractivity (Wildman–Crippen MR) is 115 cm³/mol. The van der Waals surface area contributed by atoms with Crippen LogP contribution < -0.4 is 9.47 Å². The molecule has 0 aliphatic carbocycles. The van der Waals surface area contributed by atoms with E-state index in [-0.39, 0.29) is 6.42 Å². The Labute approximate surface area is 176 Å². The van der Waals surface area contributed by atoms with Crippen LogP contribution in [0.3, 0.4) is 0 Å². The van der Waals surface area contributed by atoms with Gasteiger partial charge in [0.15, 0.2) is 0 Å². The lowest BCUT2D eigenvalue weighted by Crippen LogP contribution is -2.33. The van der Waals surface area contributed by atoms with Crippen molar-refractivity contribution in [2.75, 3.05) is 20.8 Å². The van der Waals surface area contributed by atoms with Gasteiger partial charge in [0.25, 0.3) is 0 Å². The molecule has 5 nitrogen and oxygen atoms in total. The molecule has 3 rings (SSSR count). The fourth-order valence-corrected chi connectivity index (χ4v) is 3.52. The molecule has 0 bridgehead atoms. The Morgan fingerprint density at radius 2 is 1.23 bits per heavy atom. The van der Waals surface area contributed by atoms with Gasteiger partial charge in [-0.15, -0.1) is 0 Å². The number of rotatable bonds is 10. The maximum absolute atomic E-state index is 11.0. The molecule has 0 unspecified atom stereocenters. The van der Waals surface area contributed by atoms with E-state index in [1.165, 1.54) is 0 Å². The Morgan fingerprint density at radius 3 is 1.67 bits per heavy atom. The third-order valence-electron chi connectivity index (χ3n) is 5.03. The second-order valence-electron chi connectivity index (χ2n) is 6.85. The van der Waals surface area contributed by atoms with E-state index in [9.17, 15) is 4.79 Å². The summed E-state index contributed by atoms with van der Waals surface area (Å²) in [6.45, 7) is 0.291. The van der Waals surface area contributed by atoms with E-state index in [1.807, 2.05) is 78.9 Å². The smallest absolute Gasteiger partial charge is 0.303 e. The molecule has 0 fully saturated rings. The topological polar surface area (TPSA) is 65.0 Å². The van der Waals surface area contributed by atoms with Crippen LogP contribution in [0.5, 0.6) is 11.5 Å². The highest BCUT2D eigenvalue weighted by molar-refractivity contribution is 5.66. The second kappa shape index (κ2) is 9.94. The van der Waals surface area contributed by atoms with Crippen LogP contribution in [-0.2, 0) is 15.1 Å². The third-order valence-corrected chi connectivity index (χ3v) is 5.03. The van der Waals surface area contributed by atoms with Crippen LogP contribution in [0, 0.1) is 0 Å². The zero-order valence-corrected chi connectivity index (χ0v) is 17.2. The molecular weight excluding hydrogens is 380 g/mol. The van der Waals surface area contributed by atoms with Gasteiger partial charge in [-0.2, -0.15) is 0 Å². The molecule has 0 saturated heterocycles. The van der Waals surface area contributed by atoms with Crippen LogP contribution in [0.15, 0.2) is 78.9 Å². The summed E-state index contributed by atoms with van der Waals surface area (Å²) in [5.41, 5.74) is 1.90. The van der Waals surface area contributed by atoms with Crippen molar-refractivity contribution in [3.63, 3.8) is 0 Å². The first-order valence-electron chi connectivity index (χ1n) is 9.80. The summed E-state index contributed by atoms with van der Waals surface area (Å²) in [6.07, 6.45) is 0.465. The Morgan fingerprint density at radius 1 is 0.767 bits per heavy atom. The summed E-state index contributed by atoms with van der Waals surface area (Å²) in [7, 11) is 3.26. The number of benzene rings is 3. The fourth-order valence-electron chi connectivity index (χ4n) is 3.52. The van der Waals surface area contributed by atoms with Gasteiger partial charge in [0.1, 0.15) is 17.1 Å². The Balaban J connectivity index is 2.14. The van der Waals surface area contributed by atoms with E-state index in [4.69, 9.17) is 19.3 Å². The van der Waals surface area contributed by atoms with Crippen LogP contribution >= 0.6 is 0 Å². The van der Waals surface area contributed by atoms with E-state index >= 15 is 0 Å². The highest BCUT2D eigenvalue weighted by Gasteiger charge is 2.37. The van der Waals surface area contributed by atoms with Crippen molar-refractivity contribution < 1.29 is 24.1 Å². The molecule has 30 heavy (non-hydrogen) atoms. The maximum Gasteiger partial charge on any atom is 0.303 e. The highest BCUT2D eigenvalue weighted by atomic mass is 16.5. The summed E-state index contributed by atoms with van der Waals surface area (Å²) in [6, 6.07) is 25.5. The molecule has 0 aromatic heterocycles. The standard InChI is InChI=1S/C25H26O5/c1-28-22-14-10-20(11-15-22)25(19-7-4-3-5-8-19,30-18-6-9-24(26)27)21-12-16-23(29-2)17-13-21/h3-5,7-8,10-17H,6,9,18H2,1-2H3,(H,26,27). The van der Waals surface area contributed by atoms with Gasteiger partial charge in [-0.25, -0.2) is 0 Å². The zero-order valence-electron chi connectivity index (χ0n) is 17.2. The number of hydrogen-bond donors (Lipinski definition) is 1. The monoisotopic (exact) mass is 406 g/mol. The van der Waals surface area contributed by atoms with E-state index in [2.05, 4.69) is 0 Å². The minimum atomic E-state index is -0.904. The minimum Gasteiger partial charge on any atom is -0.497 e. The van der Waals surface area contributed by atoms with Crippen LogP contribution in [0.1, 0.15) is 29.5 Å². The first-order chi connectivity index (χ1) is 14.6. The lowest BCUT2D eigenvalue weighted by atomic mass is 9.80. The second-order valence-corrected chi connectivity index (χ2v) is 6.85. The number of carboxylic acids is 1. The summed E-state index contributed by atoms with van der Waals surface area (Å²) in [5, 5.41) is 9.03. The number of ether oxygens (including phenoxy) is 3. The molecule has 3 aromatic carbocycles. The van der Waals surface area contributed by atoms with Crippen LogP contribution in [0.25, 0.3) is 0 Å². The van der Waals surface area contributed by atoms with Gasteiger partial charge in [0.05, 0.1) is 14.2 Å². The lowest BCUT2D eigenvalue weighted by molar-refractivity contribution is -0.137. The average Bonchev–Trinajstić information content (AvgIpc) is 2.80. The molecule has 0 aliphatic rings. The van der Waals surface area contributed by atoms with Crippen molar-refractivity contribution in [1.29, 1.82) is 0 Å². The summed E-state index contributed by atoms with van der Waals surface area (Å²) >= 11 is 0. The van der Waals surface area contributed by atoms with E-state index < -0.39 is 11.6 Å². The van der Waals surface area contributed by atoms with E-state index in [0.717, 1.165) is 28.2 Å². The molecule has 0 atom stereocenters. The van der Waals surface area contributed by atoms with Crippen molar-refractivity contribution >= 4 is 5.97 Å². The normalized spacial score (nSPS) is 11.1. The van der Waals surface area contributed by atoms with Crippen molar-refractivity contribution in [2.45, 2.75) is 18.4 Å². The molecular formula is C25H26O5. The van der Waals surface area contributed by atoms with Crippen molar-refractivity contribution in [3.8, 4) is 11.5 Å². The number of carbonyl (C=O) groups is 1. The predicted octanol–water partition coefficient (Wildman–Crippen LogP) is 4.88. The Bertz CT molecular complexity index is 886. The van der Waals surface area contributed by atoms with Crippen molar-refractivity contribution in [3.05, 3.63) is 95.6 Å². The number of carboxylic acid groups (broad SMARTS) is 1. The molecule has 0 amide bonds. The highest BCUT2D eigenvalue weighted by Crippen LogP contribution is 2.41. The summed E-state index contributed by atoms with van der Waals surface area (Å²) in [5.74, 6) is 0.667. The number of methoxy groups -OCH3 is 2. The van der Waals surface area contributed by atoms with Gasteiger partial charge in [0.2, 0.25) is 0 Å². The van der Waals surface area contributed by atoms with Crippen molar-refractivity contribution in [1.82, 2.24) is 0 Å². The molecule has 0 heterocycles. The molecule has 0 aliphatic heterocycles. The molecule has 156 valence electrons. The molecule has 5 heteroatoms. The summed E-state index contributed by atoms with van der Waals surface area (Å²) in [4.78, 5) is 11.0. The molecule has 3 aromatic rings. The van der Waals surface area contributed by atoms with Crippen LogP contribution in [0.2, 0.25) is 0 Å². The Kier molecular flexibility index (Phi) is 7.09. The molecule has 0 spiro atoms. The number of aliphatic carboxylic acids is 1. The first-order valence-corrected chi connectivity index (χ1v) is 9.80. The van der Waals surface area contributed by atoms with Gasteiger partial charge in [-0.05, 0) is 47.4 Å². The number of hydrogen-bond acceptors (Lipinski definition) is 4. The first kappa shape index (κ1) is 21.4. The SMILES string of the molecule is COc1ccc(C(OCCCC(=O)O)(c2ccccc2)c2ccc(OC)cc2)cc1. The molecule has 0 saturated carbocycles.